The van der Waals surface area contributed by atoms with Crippen molar-refractivity contribution in [2.45, 2.75) is 31.9 Å². The van der Waals surface area contributed by atoms with Crippen molar-refractivity contribution in [3.63, 3.8) is 0 Å². The van der Waals surface area contributed by atoms with Gasteiger partial charge in [-0.25, -0.2) is 4.79 Å². The van der Waals surface area contributed by atoms with E-state index in [2.05, 4.69) is 0 Å². The number of carbonyl (C=O) groups is 5. The zero-order valence-corrected chi connectivity index (χ0v) is 18.7. The largest absolute Gasteiger partial charge is 0.457 e. The molecule has 2 aromatic carbocycles. The molecule has 0 saturated carbocycles. The van der Waals surface area contributed by atoms with E-state index in [9.17, 15) is 29.2 Å². The topological polar surface area (TPSA) is 142 Å². The van der Waals surface area contributed by atoms with Crippen LogP contribution in [0.5, 0.6) is 0 Å². The van der Waals surface area contributed by atoms with Gasteiger partial charge in [0.15, 0.2) is 0 Å². The second-order valence-electron chi connectivity index (χ2n) is 7.80. The van der Waals surface area contributed by atoms with E-state index in [0.717, 1.165) is 0 Å². The molecule has 9 nitrogen and oxygen atoms in total. The summed E-state index contributed by atoms with van der Waals surface area (Å²) in [5.74, 6) is -6.46. The molecule has 0 fully saturated rings. The van der Waals surface area contributed by atoms with Gasteiger partial charge in [-0.15, -0.1) is 0 Å². The Hall–Kier alpha value is -4.03. The van der Waals surface area contributed by atoms with Crippen LogP contribution < -0.4 is 10.6 Å². The number of Topliss-reactive ketones (excluding diaryl/α,β-unsaturated/α-hetero) is 1. The zero-order chi connectivity index (χ0) is 24.8. The molecule has 1 unspecified atom stereocenters. The number of hydrogen-bond donors (Lipinski definition) is 2. The van der Waals surface area contributed by atoms with Gasteiger partial charge in [-0.3, -0.25) is 24.5 Å². The molecule has 0 aromatic heterocycles. The number of hydrogen-bond acceptors (Lipinski definition) is 7. The summed E-state index contributed by atoms with van der Waals surface area (Å²) >= 11 is 5.75. The van der Waals surface area contributed by atoms with E-state index in [-0.39, 0.29) is 11.1 Å². The Morgan fingerprint density at radius 1 is 0.879 bits per heavy atom. The number of amides is 3. The Morgan fingerprint density at radius 3 is 1.97 bits per heavy atom. The van der Waals surface area contributed by atoms with Crippen LogP contribution in [0.2, 0.25) is 5.02 Å². The molecule has 0 spiro atoms. The lowest BCUT2D eigenvalue weighted by Gasteiger charge is -2.28. The molecule has 0 aliphatic carbocycles. The van der Waals surface area contributed by atoms with Gasteiger partial charge in [0.05, 0.1) is 0 Å². The van der Waals surface area contributed by atoms with E-state index in [1.807, 2.05) is 10.6 Å². The number of imide groups is 1. The number of nitrogens with zero attached hydrogens (tertiary/aromatic N) is 1. The number of ketones is 1. The molecule has 2 N–H and O–H groups in total. The highest BCUT2D eigenvalue weighted by atomic mass is 35.5. The Morgan fingerprint density at radius 2 is 1.45 bits per heavy atom. The first-order valence-electron chi connectivity index (χ1n) is 9.57. The number of esters is 1. The van der Waals surface area contributed by atoms with Crippen molar-refractivity contribution >= 4 is 41.1 Å². The van der Waals surface area contributed by atoms with Gasteiger partial charge < -0.3 is 10.1 Å². The van der Waals surface area contributed by atoms with Crippen LogP contribution in [0.3, 0.4) is 0 Å². The Balaban J connectivity index is 2.33. The summed E-state index contributed by atoms with van der Waals surface area (Å²) in [4.78, 5) is 63.0. The predicted octanol–water partition coefficient (Wildman–Crippen LogP) is 2.20. The molecule has 0 bridgehead atoms. The third-order valence-corrected chi connectivity index (χ3v) is 4.34. The van der Waals surface area contributed by atoms with Crippen molar-refractivity contribution in [3.8, 4) is 6.07 Å². The first kappa shape index (κ1) is 25.2. The molecular formula is C23H20ClN3O6. The van der Waals surface area contributed by atoms with Crippen molar-refractivity contribution in [1.82, 2.24) is 10.6 Å². The number of carbonyl (C=O) groups excluding carboxylic acids is 5. The summed E-state index contributed by atoms with van der Waals surface area (Å²) in [7, 11) is 0. The minimum Gasteiger partial charge on any atom is -0.457 e. The van der Waals surface area contributed by atoms with Gasteiger partial charge in [0.1, 0.15) is 11.7 Å². The molecule has 0 aliphatic heterocycles. The molecule has 2 rings (SSSR count). The summed E-state index contributed by atoms with van der Waals surface area (Å²) in [5, 5.41) is 13.8. The maximum absolute atomic E-state index is 13.1. The Labute approximate surface area is 194 Å². The van der Waals surface area contributed by atoms with Crippen molar-refractivity contribution in [3.05, 3.63) is 70.7 Å². The van der Waals surface area contributed by atoms with Gasteiger partial charge in [0.2, 0.25) is 5.78 Å². The first-order valence-corrected chi connectivity index (χ1v) is 9.95. The third-order valence-electron chi connectivity index (χ3n) is 4.09. The third kappa shape index (κ3) is 6.24. The van der Waals surface area contributed by atoms with E-state index in [1.165, 1.54) is 75.4 Å². The van der Waals surface area contributed by atoms with Crippen molar-refractivity contribution < 1.29 is 28.7 Å². The summed E-state index contributed by atoms with van der Waals surface area (Å²) < 4.78 is 5.17. The second kappa shape index (κ2) is 10.1. The van der Waals surface area contributed by atoms with Gasteiger partial charge in [-0.05, 0) is 45.0 Å². The van der Waals surface area contributed by atoms with E-state index < -0.39 is 40.6 Å². The Kier molecular flexibility index (Phi) is 7.69. The molecule has 2 aromatic rings. The number of nitriles is 1. The molecule has 0 heterocycles. The fourth-order valence-corrected chi connectivity index (χ4v) is 2.67. The highest BCUT2D eigenvalue weighted by Gasteiger charge is 2.52. The molecule has 1 atom stereocenters. The maximum Gasteiger partial charge on any atom is 0.355 e. The predicted molar refractivity (Wildman–Crippen MR) is 117 cm³/mol. The molecule has 0 aliphatic rings. The number of benzene rings is 2. The molecule has 0 saturated heterocycles. The maximum atomic E-state index is 13.1. The van der Waals surface area contributed by atoms with E-state index in [1.54, 1.807) is 6.07 Å². The van der Waals surface area contributed by atoms with Crippen molar-refractivity contribution in [1.29, 1.82) is 5.26 Å². The standard InChI is InChI=1S/C23H20ClN3O6/c1-22(2,3)33-21(32)23(13-25,17(28)14-7-5-4-6-8-14)27-20(31)19(30)26-18(29)15-9-11-16(24)12-10-15/h4-12H,1-3H3,(H,27,31)(H,26,29,30). The average molecular weight is 470 g/mol. The normalized spacial score (nSPS) is 12.5. The molecule has 0 radical (unpaired) electrons. The van der Waals surface area contributed by atoms with Crippen LogP contribution in [0.1, 0.15) is 41.5 Å². The molecular weight excluding hydrogens is 450 g/mol. The molecule has 170 valence electrons. The lowest BCUT2D eigenvalue weighted by atomic mass is 9.90. The van der Waals surface area contributed by atoms with Gasteiger partial charge in [-0.2, -0.15) is 5.26 Å². The van der Waals surface area contributed by atoms with Gasteiger partial charge in [0.25, 0.3) is 11.4 Å². The molecule has 33 heavy (non-hydrogen) atoms. The SMILES string of the molecule is CC(C)(C)OC(=O)C(C#N)(NC(=O)C(=O)NC(=O)c1ccc(Cl)cc1)C(=O)c1ccccc1. The minimum atomic E-state index is -2.87. The van der Waals surface area contributed by atoms with E-state index in [0.29, 0.717) is 5.02 Å². The van der Waals surface area contributed by atoms with Crippen LogP contribution in [-0.2, 0) is 19.1 Å². The lowest BCUT2D eigenvalue weighted by molar-refractivity contribution is -0.160. The van der Waals surface area contributed by atoms with E-state index >= 15 is 0 Å². The molecule has 10 heteroatoms. The van der Waals surface area contributed by atoms with Gasteiger partial charge in [0, 0.05) is 16.1 Å². The van der Waals surface area contributed by atoms with E-state index in [4.69, 9.17) is 16.3 Å². The van der Waals surface area contributed by atoms with Crippen molar-refractivity contribution in [2.24, 2.45) is 0 Å². The summed E-state index contributed by atoms with van der Waals surface area (Å²) in [6.07, 6.45) is 0. The van der Waals surface area contributed by atoms with Crippen LogP contribution >= 0.6 is 11.6 Å². The quantitative estimate of drug-likeness (QED) is 0.296. The van der Waals surface area contributed by atoms with Gasteiger partial charge in [-0.1, -0.05) is 41.9 Å². The highest BCUT2D eigenvalue weighted by molar-refractivity contribution is 6.40. The number of nitrogens with one attached hydrogen (secondary N) is 2. The Bertz CT molecular complexity index is 1130. The fraction of sp³-hybridized carbons (Fsp3) is 0.217. The van der Waals surface area contributed by atoms with Crippen LogP contribution in [0.25, 0.3) is 0 Å². The first-order chi connectivity index (χ1) is 15.4. The lowest BCUT2D eigenvalue weighted by Crippen LogP contribution is -2.63. The zero-order valence-electron chi connectivity index (χ0n) is 18.0. The summed E-state index contributed by atoms with van der Waals surface area (Å²) in [6.45, 7) is 4.50. The van der Waals surface area contributed by atoms with Gasteiger partial charge >= 0.3 is 17.8 Å². The highest BCUT2D eigenvalue weighted by Crippen LogP contribution is 2.20. The number of halogens is 1. The smallest absolute Gasteiger partial charge is 0.355 e. The number of rotatable bonds is 5. The summed E-state index contributed by atoms with van der Waals surface area (Å²) in [5.41, 5.74) is -4.04. The van der Waals surface area contributed by atoms with Crippen LogP contribution in [0.4, 0.5) is 0 Å². The average Bonchev–Trinajstić information content (AvgIpc) is 2.76. The van der Waals surface area contributed by atoms with Crippen molar-refractivity contribution in [2.75, 3.05) is 0 Å². The monoisotopic (exact) mass is 469 g/mol. The fourth-order valence-electron chi connectivity index (χ4n) is 2.55. The summed E-state index contributed by atoms with van der Waals surface area (Å²) in [6, 6.07) is 14.2. The van der Waals surface area contributed by atoms with Crippen LogP contribution in [-0.4, -0.2) is 40.6 Å². The second-order valence-corrected chi connectivity index (χ2v) is 8.24. The minimum absolute atomic E-state index is 0.0274. The molecule has 3 amide bonds. The van der Waals surface area contributed by atoms with Crippen LogP contribution in [0, 0.1) is 11.3 Å². The number of ether oxygens (including phenoxy) is 1. The van der Waals surface area contributed by atoms with Crippen LogP contribution in [0.15, 0.2) is 54.6 Å².